The summed E-state index contributed by atoms with van der Waals surface area (Å²) in [6.07, 6.45) is 1.60. The van der Waals surface area contributed by atoms with E-state index in [0.29, 0.717) is 13.1 Å². The van der Waals surface area contributed by atoms with E-state index in [4.69, 9.17) is 0 Å². The van der Waals surface area contributed by atoms with Crippen LogP contribution in [-0.4, -0.2) is 73.3 Å². The first-order valence-electron chi connectivity index (χ1n) is 8.22. The van der Waals surface area contributed by atoms with Crippen LogP contribution in [0.25, 0.3) is 0 Å². The summed E-state index contributed by atoms with van der Waals surface area (Å²) < 4.78 is 0. The van der Waals surface area contributed by atoms with Crippen LogP contribution in [0.4, 0.5) is 0 Å². The predicted molar refractivity (Wildman–Crippen MR) is 88.8 cm³/mol. The van der Waals surface area contributed by atoms with Gasteiger partial charge in [0.2, 0.25) is 17.7 Å². The fourth-order valence-electron chi connectivity index (χ4n) is 2.52. The van der Waals surface area contributed by atoms with Crippen molar-refractivity contribution in [1.29, 1.82) is 0 Å². The molecule has 132 valence electrons. The highest BCUT2D eigenvalue weighted by Crippen LogP contribution is 2.17. The topological polar surface area (TPSA) is 81.8 Å². The molecular formula is C16H30N4O3. The van der Waals surface area contributed by atoms with E-state index in [2.05, 4.69) is 10.6 Å². The van der Waals surface area contributed by atoms with Crippen molar-refractivity contribution in [3.63, 3.8) is 0 Å². The Morgan fingerprint density at radius 1 is 1.39 bits per heavy atom. The number of likely N-dealkylation sites (tertiary alicyclic amines) is 1. The molecule has 23 heavy (non-hydrogen) atoms. The summed E-state index contributed by atoms with van der Waals surface area (Å²) in [5.41, 5.74) is -0.722. The normalized spacial score (nSPS) is 18.2. The first kappa shape index (κ1) is 19.4. The number of hydrogen-bond donors (Lipinski definition) is 2. The number of amides is 3. The van der Waals surface area contributed by atoms with E-state index in [-0.39, 0.29) is 30.2 Å². The molecule has 0 aromatic heterocycles. The van der Waals surface area contributed by atoms with Crippen molar-refractivity contribution in [1.82, 2.24) is 20.4 Å². The van der Waals surface area contributed by atoms with Crippen LogP contribution < -0.4 is 10.6 Å². The molecule has 1 aliphatic rings. The Morgan fingerprint density at radius 2 is 2.04 bits per heavy atom. The van der Waals surface area contributed by atoms with Crippen LogP contribution in [0.2, 0.25) is 0 Å². The van der Waals surface area contributed by atoms with Gasteiger partial charge in [0.25, 0.3) is 0 Å². The van der Waals surface area contributed by atoms with Gasteiger partial charge < -0.3 is 20.4 Å². The Kier molecular flexibility index (Phi) is 7.00. The number of carbonyl (C=O) groups excluding carboxylic acids is 3. The van der Waals surface area contributed by atoms with Crippen molar-refractivity contribution >= 4 is 17.7 Å². The lowest BCUT2D eigenvalue weighted by molar-refractivity contribution is -0.136. The van der Waals surface area contributed by atoms with Gasteiger partial charge in [0.1, 0.15) is 0 Å². The van der Waals surface area contributed by atoms with E-state index in [1.54, 1.807) is 37.7 Å². The fraction of sp³-hybridized carbons (Fsp3) is 0.812. The van der Waals surface area contributed by atoms with E-state index in [0.717, 1.165) is 19.4 Å². The number of likely N-dealkylation sites (N-methyl/N-ethyl adjacent to an activating group) is 1. The van der Waals surface area contributed by atoms with Gasteiger partial charge >= 0.3 is 0 Å². The number of nitrogens with one attached hydrogen (secondary N) is 2. The molecule has 0 aliphatic carbocycles. The third-order valence-electron chi connectivity index (χ3n) is 4.42. The summed E-state index contributed by atoms with van der Waals surface area (Å²) in [4.78, 5) is 39.8. The van der Waals surface area contributed by atoms with Gasteiger partial charge in [0, 0.05) is 26.7 Å². The average molecular weight is 326 g/mol. The van der Waals surface area contributed by atoms with Gasteiger partial charge in [-0.3, -0.25) is 14.4 Å². The molecule has 3 amide bonds. The Balaban J connectivity index is 2.58. The maximum atomic E-state index is 12.4. The third kappa shape index (κ3) is 5.20. The van der Waals surface area contributed by atoms with Gasteiger partial charge in [-0.15, -0.1) is 0 Å². The Labute approximate surface area is 138 Å². The van der Waals surface area contributed by atoms with Crippen LogP contribution >= 0.6 is 0 Å². The minimum atomic E-state index is -0.722. The summed E-state index contributed by atoms with van der Waals surface area (Å²) in [6.45, 7) is 7.23. The molecule has 1 rings (SSSR count). The van der Waals surface area contributed by atoms with Crippen LogP contribution in [0, 0.1) is 5.92 Å². The lowest BCUT2D eigenvalue weighted by Gasteiger charge is -2.27. The smallest absolute Gasteiger partial charge is 0.241 e. The molecular weight excluding hydrogens is 296 g/mol. The molecule has 0 radical (unpaired) electrons. The van der Waals surface area contributed by atoms with E-state index in [1.807, 2.05) is 6.92 Å². The molecule has 7 heteroatoms. The lowest BCUT2D eigenvalue weighted by Crippen LogP contribution is -2.53. The van der Waals surface area contributed by atoms with Gasteiger partial charge in [-0.1, -0.05) is 6.92 Å². The molecule has 1 fully saturated rings. The average Bonchev–Trinajstić information content (AvgIpc) is 2.83. The molecule has 0 aromatic rings. The number of nitrogens with zero attached hydrogens (tertiary/aromatic N) is 2. The van der Waals surface area contributed by atoms with E-state index < -0.39 is 5.54 Å². The summed E-state index contributed by atoms with van der Waals surface area (Å²) in [6, 6.07) is 0. The summed E-state index contributed by atoms with van der Waals surface area (Å²) in [7, 11) is 3.49. The zero-order chi connectivity index (χ0) is 17.6. The molecule has 1 saturated heterocycles. The molecule has 7 nitrogen and oxygen atoms in total. The quantitative estimate of drug-likeness (QED) is 0.648. The zero-order valence-electron chi connectivity index (χ0n) is 14.9. The van der Waals surface area contributed by atoms with Crippen molar-refractivity contribution in [2.75, 3.05) is 40.3 Å². The van der Waals surface area contributed by atoms with Crippen LogP contribution in [-0.2, 0) is 14.4 Å². The first-order valence-corrected chi connectivity index (χ1v) is 8.22. The highest BCUT2D eigenvalue weighted by atomic mass is 16.2. The number of hydrogen-bond acceptors (Lipinski definition) is 4. The molecule has 0 spiro atoms. The van der Waals surface area contributed by atoms with Gasteiger partial charge in [-0.2, -0.15) is 0 Å². The number of carbonyl (C=O) groups is 3. The van der Waals surface area contributed by atoms with Crippen molar-refractivity contribution in [2.24, 2.45) is 5.92 Å². The Hall–Kier alpha value is -1.63. The van der Waals surface area contributed by atoms with Crippen LogP contribution in [0.15, 0.2) is 0 Å². The second kappa shape index (κ2) is 8.29. The minimum Gasteiger partial charge on any atom is -0.345 e. The molecule has 1 heterocycles. The molecule has 2 N–H and O–H groups in total. The Morgan fingerprint density at radius 3 is 2.52 bits per heavy atom. The minimum absolute atomic E-state index is 0.0410. The van der Waals surface area contributed by atoms with Crippen LogP contribution in [0.3, 0.4) is 0 Å². The molecule has 0 saturated carbocycles. The Bertz CT molecular complexity index is 451. The predicted octanol–water partition coefficient (Wildman–Crippen LogP) is -0.182. The maximum absolute atomic E-state index is 12.4. The summed E-state index contributed by atoms with van der Waals surface area (Å²) >= 11 is 0. The van der Waals surface area contributed by atoms with Gasteiger partial charge in [-0.05, 0) is 33.7 Å². The molecule has 0 unspecified atom stereocenters. The monoisotopic (exact) mass is 326 g/mol. The van der Waals surface area contributed by atoms with Crippen molar-refractivity contribution < 1.29 is 14.4 Å². The molecule has 1 atom stereocenters. The maximum Gasteiger partial charge on any atom is 0.241 e. The second-order valence-corrected chi connectivity index (χ2v) is 6.64. The molecule has 1 aliphatic heterocycles. The van der Waals surface area contributed by atoms with E-state index in [9.17, 15) is 14.4 Å². The standard InChI is InChI=1S/C16H30N4O3/c1-6-8-20(11-12-7-9-19(5)14(12)22)13(21)10-18-15(23)16(2,3)17-4/h12,17H,6-11H2,1-5H3,(H,18,23)/t12-/m1/s1. The third-order valence-corrected chi connectivity index (χ3v) is 4.42. The largest absolute Gasteiger partial charge is 0.345 e. The van der Waals surface area contributed by atoms with E-state index >= 15 is 0 Å². The highest BCUT2D eigenvalue weighted by Gasteiger charge is 2.32. The molecule has 0 bridgehead atoms. The summed E-state index contributed by atoms with van der Waals surface area (Å²) in [5.74, 6) is -0.393. The summed E-state index contributed by atoms with van der Waals surface area (Å²) in [5, 5.41) is 5.57. The van der Waals surface area contributed by atoms with Crippen molar-refractivity contribution in [3.05, 3.63) is 0 Å². The van der Waals surface area contributed by atoms with Gasteiger partial charge in [0.15, 0.2) is 0 Å². The van der Waals surface area contributed by atoms with E-state index in [1.165, 1.54) is 0 Å². The first-order chi connectivity index (χ1) is 10.7. The lowest BCUT2D eigenvalue weighted by atomic mass is 10.1. The fourth-order valence-corrected chi connectivity index (χ4v) is 2.52. The van der Waals surface area contributed by atoms with Crippen LogP contribution in [0.5, 0.6) is 0 Å². The van der Waals surface area contributed by atoms with Crippen molar-refractivity contribution in [3.8, 4) is 0 Å². The van der Waals surface area contributed by atoms with Gasteiger partial charge in [-0.25, -0.2) is 0 Å². The van der Waals surface area contributed by atoms with Crippen LogP contribution in [0.1, 0.15) is 33.6 Å². The van der Waals surface area contributed by atoms with Gasteiger partial charge in [0.05, 0.1) is 18.0 Å². The zero-order valence-corrected chi connectivity index (χ0v) is 14.9. The number of rotatable bonds is 8. The SMILES string of the molecule is CCCN(C[C@H]1CCN(C)C1=O)C(=O)CNC(=O)C(C)(C)NC. The molecule has 0 aromatic carbocycles. The highest BCUT2D eigenvalue weighted by molar-refractivity contribution is 5.90. The second-order valence-electron chi connectivity index (χ2n) is 6.64. The van der Waals surface area contributed by atoms with Crippen molar-refractivity contribution in [2.45, 2.75) is 39.2 Å².